The Hall–Kier alpha value is -3.52. The predicted molar refractivity (Wildman–Crippen MR) is 123 cm³/mol. The lowest BCUT2D eigenvalue weighted by atomic mass is 10.2. The molecule has 0 atom stereocenters. The number of benzene rings is 1. The van der Waals surface area contributed by atoms with Gasteiger partial charge in [-0.15, -0.1) is 0 Å². The van der Waals surface area contributed by atoms with Crippen molar-refractivity contribution in [3.8, 4) is 0 Å². The summed E-state index contributed by atoms with van der Waals surface area (Å²) in [7, 11) is 0. The van der Waals surface area contributed by atoms with Crippen LogP contribution in [0.4, 0.5) is 5.82 Å². The fourth-order valence-corrected chi connectivity index (χ4v) is 3.86. The summed E-state index contributed by atoms with van der Waals surface area (Å²) < 4.78 is 7.89. The Kier molecular flexibility index (Phi) is 5.45. The lowest BCUT2D eigenvalue weighted by Gasteiger charge is -2.21. The largest absolute Gasteiger partial charge is 0.457 e. The second kappa shape index (κ2) is 8.55. The van der Waals surface area contributed by atoms with Gasteiger partial charge in [0.05, 0.1) is 21.7 Å². The first-order chi connectivity index (χ1) is 15.6. The summed E-state index contributed by atoms with van der Waals surface area (Å²) in [4.78, 5) is 31.8. The van der Waals surface area contributed by atoms with Crippen LogP contribution < -0.4 is 4.90 Å². The number of rotatable bonds is 6. The molecule has 1 aliphatic rings. The number of amides is 1. The maximum Gasteiger partial charge on any atom is 0.340 e. The first-order valence-corrected chi connectivity index (χ1v) is 11.0. The maximum absolute atomic E-state index is 13.3. The number of hydrogen-bond donors (Lipinski definition) is 0. The second-order valence-electron chi connectivity index (χ2n) is 7.61. The number of carbonyl (C=O) groups excluding carboxylic acids is 2. The molecule has 1 saturated carbocycles. The normalized spacial score (nSPS) is 13.2. The van der Waals surface area contributed by atoms with Gasteiger partial charge in [0.1, 0.15) is 12.4 Å². The van der Waals surface area contributed by atoms with Crippen molar-refractivity contribution < 1.29 is 14.3 Å². The van der Waals surface area contributed by atoms with Gasteiger partial charge in [-0.25, -0.2) is 14.3 Å². The molecule has 1 aliphatic carbocycles. The molecule has 0 N–H and O–H groups in total. The molecule has 160 valence electrons. The van der Waals surface area contributed by atoms with Crippen LogP contribution in [0.3, 0.4) is 0 Å². The molecule has 1 aromatic carbocycles. The summed E-state index contributed by atoms with van der Waals surface area (Å²) in [6.07, 6.45) is 6.76. The summed E-state index contributed by atoms with van der Waals surface area (Å²) in [6.45, 7) is 0.195. The molecule has 0 radical (unpaired) electrons. The van der Waals surface area contributed by atoms with E-state index in [4.69, 9.17) is 4.74 Å². The van der Waals surface area contributed by atoms with Gasteiger partial charge in [0.25, 0.3) is 5.91 Å². The topological polar surface area (TPSA) is 76.8 Å². The van der Waals surface area contributed by atoms with Gasteiger partial charge >= 0.3 is 5.97 Å². The minimum Gasteiger partial charge on any atom is -0.457 e. The summed E-state index contributed by atoms with van der Waals surface area (Å²) in [5.74, 6) is -0.0622. The Bertz CT molecular complexity index is 1280. The van der Waals surface area contributed by atoms with E-state index in [9.17, 15) is 9.59 Å². The lowest BCUT2D eigenvalue weighted by Crippen LogP contribution is -2.33. The average Bonchev–Trinajstić information content (AvgIpc) is 3.60. The molecule has 5 rings (SSSR count). The van der Waals surface area contributed by atoms with Crippen molar-refractivity contribution in [2.45, 2.75) is 25.5 Å². The van der Waals surface area contributed by atoms with Gasteiger partial charge in [-0.3, -0.25) is 9.69 Å². The maximum atomic E-state index is 13.3. The minimum absolute atomic E-state index is 0.107. The smallest absolute Gasteiger partial charge is 0.340 e. The zero-order valence-electron chi connectivity index (χ0n) is 17.0. The van der Waals surface area contributed by atoms with Gasteiger partial charge in [-0.05, 0) is 58.6 Å². The van der Waals surface area contributed by atoms with E-state index >= 15 is 0 Å². The van der Waals surface area contributed by atoms with E-state index in [0.717, 1.165) is 28.4 Å². The summed E-state index contributed by atoms with van der Waals surface area (Å²) in [5.41, 5.74) is 2.63. The molecular weight excluding hydrogens is 472 g/mol. The molecule has 1 fully saturated rings. The van der Waals surface area contributed by atoms with Gasteiger partial charge in [0.15, 0.2) is 0 Å². The van der Waals surface area contributed by atoms with Gasteiger partial charge in [-0.1, -0.05) is 30.3 Å². The zero-order valence-corrected chi connectivity index (χ0v) is 18.6. The molecule has 8 heteroatoms. The molecule has 0 bridgehead atoms. The van der Waals surface area contributed by atoms with Crippen LogP contribution in [0, 0.1) is 0 Å². The van der Waals surface area contributed by atoms with E-state index in [0.29, 0.717) is 16.9 Å². The number of ether oxygens (including phenoxy) is 1. The molecule has 3 aromatic heterocycles. The average molecular weight is 491 g/mol. The number of nitrogens with zero attached hydrogens (tertiary/aromatic N) is 4. The van der Waals surface area contributed by atoms with Crippen molar-refractivity contribution in [2.24, 2.45) is 0 Å². The van der Waals surface area contributed by atoms with Crippen LogP contribution in [0.5, 0.6) is 0 Å². The molecule has 32 heavy (non-hydrogen) atoms. The van der Waals surface area contributed by atoms with Crippen molar-refractivity contribution in [3.63, 3.8) is 0 Å². The lowest BCUT2D eigenvalue weighted by molar-refractivity contribution is 0.0472. The highest BCUT2D eigenvalue weighted by molar-refractivity contribution is 9.10. The molecule has 7 nitrogen and oxygen atoms in total. The van der Waals surface area contributed by atoms with Crippen molar-refractivity contribution >= 4 is 39.1 Å². The van der Waals surface area contributed by atoms with Crippen molar-refractivity contribution in [1.82, 2.24) is 14.6 Å². The Morgan fingerprint density at radius 1 is 1.06 bits per heavy atom. The monoisotopic (exact) mass is 490 g/mol. The molecule has 0 spiro atoms. The van der Waals surface area contributed by atoms with E-state index in [2.05, 4.69) is 26.0 Å². The molecule has 0 aliphatic heterocycles. The van der Waals surface area contributed by atoms with Crippen LogP contribution >= 0.6 is 15.9 Å². The fraction of sp³-hybridized carbons (Fsp3) is 0.167. The first-order valence-electron chi connectivity index (χ1n) is 10.2. The number of halogens is 1. The van der Waals surface area contributed by atoms with E-state index in [1.807, 2.05) is 36.4 Å². The number of fused-ring (bicyclic) bond motifs is 1. The highest BCUT2D eigenvalue weighted by Gasteiger charge is 2.35. The van der Waals surface area contributed by atoms with Crippen LogP contribution in [0.1, 0.15) is 39.1 Å². The zero-order chi connectivity index (χ0) is 22.1. The van der Waals surface area contributed by atoms with E-state index < -0.39 is 5.97 Å². The Morgan fingerprint density at radius 2 is 1.88 bits per heavy atom. The van der Waals surface area contributed by atoms with Crippen molar-refractivity contribution in [2.75, 3.05) is 4.90 Å². The summed E-state index contributed by atoms with van der Waals surface area (Å²) in [5, 5.41) is 4.22. The van der Waals surface area contributed by atoms with Gasteiger partial charge in [0.2, 0.25) is 0 Å². The Morgan fingerprint density at radius 3 is 2.59 bits per heavy atom. The van der Waals surface area contributed by atoms with E-state index in [-0.39, 0.29) is 18.6 Å². The quantitative estimate of drug-likeness (QED) is 0.367. The highest BCUT2D eigenvalue weighted by Crippen LogP contribution is 2.32. The second-order valence-corrected chi connectivity index (χ2v) is 8.47. The van der Waals surface area contributed by atoms with Crippen molar-refractivity contribution in [1.29, 1.82) is 0 Å². The van der Waals surface area contributed by atoms with Gasteiger partial charge in [-0.2, -0.15) is 5.10 Å². The van der Waals surface area contributed by atoms with Crippen LogP contribution in [0.25, 0.3) is 5.52 Å². The Labute approximate surface area is 192 Å². The minimum atomic E-state index is -0.451. The number of carbonyl (C=O) groups is 2. The number of aromatic nitrogens is 3. The van der Waals surface area contributed by atoms with Crippen LogP contribution in [0.15, 0.2) is 77.7 Å². The Balaban J connectivity index is 1.34. The molecule has 0 saturated heterocycles. The van der Waals surface area contributed by atoms with E-state index in [1.165, 1.54) is 6.20 Å². The molecule has 3 heterocycles. The standard InChI is InChI=1S/C24H19BrN4O3/c25-20-14-27-28-11-10-17(12-21(20)28)23(30)29(19-7-8-19)22-9-6-18(13-26-22)24(31)32-15-16-4-2-1-3-5-16/h1-6,9-14,19H,7-8,15H2. The highest BCUT2D eigenvalue weighted by atomic mass is 79.9. The number of anilines is 1. The molecule has 4 aromatic rings. The summed E-state index contributed by atoms with van der Waals surface area (Å²) in [6, 6.07) is 16.5. The summed E-state index contributed by atoms with van der Waals surface area (Å²) >= 11 is 3.46. The third-order valence-corrected chi connectivity index (χ3v) is 5.91. The van der Waals surface area contributed by atoms with Crippen LogP contribution in [0.2, 0.25) is 0 Å². The molecule has 1 amide bonds. The number of esters is 1. The van der Waals surface area contributed by atoms with Crippen molar-refractivity contribution in [3.05, 3.63) is 94.4 Å². The third-order valence-electron chi connectivity index (χ3n) is 5.30. The third kappa shape index (κ3) is 4.13. The van der Waals surface area contributed by atoms with Crippen LogP contribution in [-0.2, 0) is 11.3 Å². The SMILES string of the molecule is O=C(OCc1ccccc1)c1ccc(N(C(=O)c2ccn3ncc(Br)c3c2)C2CC2)nc1. The first kappa shape index (κ1) is 20.4. The number of hydrogen-bond acceptors (Lipinski definition) is 5. The van der Waals surface area contributed by atoms with Crippen LogP contribution in [-0.4, -0.2) is 32.5 Å². The van der Waals surface area contributed by atoms with Gasteiger partial charge in [0, 0.05) is 24.0 Å². The van der Waals surface area contributed by atoms with E-state index in [1.54, 1.807) is 40.0 Å². The molecule has 0 unspecified atom stereocenters. The molecular formula is C24H19BrN4O3. The van der Waals surface area contributed by atoms with Gasteiger partial charge < -0.3 is 4.74 Å². The fourth-order valence-electron chi connectivity index (χ4n) is 3.47. The predicted octanol–water partition coefficient (Wildman–Crippen LogP) is 4.66. The number of pyridine rings is 2.